The minimum Gasteiger partial charge on any atom is -0.281 e. The summed E-state index contributed by atoms with van der Waals surface area (Å²) in [6, 6.07) is 25.1. The summed E-state index contributed by atoms with van der Waals surface area (Å²) in [6.45, 7) is 0. The van der Waals surface area contributed by atoms with E-state index in [1.165, 1.54) is 23.9 Å². The lowest BCUT2D eigenvalue weighted by atomic mass is 10.2. The van der Waals surface area contributed by atoms with Crippen molar-refractivity contribution in [1.29, 1.82) is 0 Å². The fraction of sp³-hybridized carbons (Fsp3) is 0.0833. The first-order valence-corrected chi connectivity index (χ1v) is 11.2. The fourth-order valence-electron chi connectivity index (χ4n) is 3.01. The van der Waals surface area contributed by atoms with Crippen molar-refractivity contribution in [2.45, 2.75) is 11.6 Å². The number of carbonyl (C=O) groups is 1. The Morgan fingerprint density at radius 3 is 2.27 bits per heavy atom. The first-order valence-electron chi connectivity index (χ1n) is 10.2. The van der Waals surface area contributed by atoms with Gasteiger partial charge in [-0.05, 0) is 42.0 Å². The van der Waals surface area contributed by atoms with E-state index in [0.29, 0.717) is 23.3 Å². The fourth-order valence-corrected chi connectivity index (χ4v) is 3.74. The molecule has 166 valence electrons. The molecule has 0 spiro atoms. The summed E-state index contributed by atoms with van der Waals surface area (Å²) in [5, 5.41) is 11.4. The van der Waals surface area contributed by atoms with E-state index >= 15 is 0 Å². The number of hydrazone groups is 1. The van der Waals surface area contributed by atoms with Crippen molar-refractivity contribution >= 4 is 41.2 Å². The summed E-state index contributed by atoms with van der Waals surface area (Å²) >= 11 is 1.37. The molecule has 0 radical (unpaired) electrons. The van der Waals surface area contributed by atoms with Crippen LogP contribution in [0.15, 0.2) is 95.2 Å². The lowest BCUT2D eigenvalue weighted by molar-refractivity contribution is -0.117. The number of carbonyl (C=O) groups excluding carboxylic acids is 1. The van der Waals surface area contributed by atoms with Gasteiger partial charge in [-0.3, -0.25) is 9.69 Å². The van der Waals surface area contributed by atoms with Crippen LogP contribution in [0.3, 0.4) is 0 Å². The minimum absolute atomic E-state index is 0.0160. The smallest absolute Gasteiger partial charge is 0.240 e. The molecule has 3 aromatic carbocycles. The molecular formula is C24H21FN6OS. The molecule has 1 aromatic heterocycles. The van der Waals surface area contributed by atoms with Crippen molar-refractivity contribution in [2.75, 3.05) is 16.1 Å². The zero-order chi connectivity index (χ0) is 22.9. The number of rotatable bonds is 9. The maximum atomic E-state index is 13.0. The highest BCUT2D eigenvalue weighted by Gasteiger charge is 2.17. The van der Waals surface area contributed by atoms with Crippen LogP contribution in [0.1, 0.15) is 12.0 Å². The molecule has 0 saturated carbocycles. The molecule has 2 N–H and O–H groups in total. The summed E-state index contributed by atoms with van der Waals surface area (Å²) in [7, 11) is 0. The molecule has 0 unspecified atom stereocenters. The Hall–Kier alpha value is -3.98. The predicted octanol–water partition coefficient (Wildman–Crippen LogP) is 5.24. The highest BCUT2D eigenvalue weighted by Crippen LogP contribution is 2.26. The molecule has 0 aliphatic heterocycles. The molecule has 0 fully saturated rings. The largest absolute Gasteiger partial charge is 0.281 e. The van der Waals surface area contributed by atoms with E-state index in [1.807, 2.05) is 60.7 Å². The van der Waals surface area contributed by atoms with Crippen LogP contribution in [0.5, 0.6) is 0 Å². The molecule has 0 aliphatic carbocycles. The average molecular weight is 461 g/mol. The summed E-state index contributed by atoms with van der Waals surface area (Å²) in [5.41, 5.74) is 5.14. The van der Waals surface area contributed by atoms with Gasteiger partial charge in [0.2, 0.25) is 17.0 Å². The van der Waals surface area contributed by atoms with Crippen molar-refractivity contribution < 1.29 is 9.18 Å². The zero-order valence-corrected chi connectivity index (χ0v) is 18.4. The third-order valence-electron chi connectivity index (χ3n) is 4.54. The molecule has 1 heterocycles. The van der Waals surface area contributed by atoms with Crippen molar-refractivity contribution in [3.63, 3.8) is 0 Å². The number of aromatic amines is 1. The maximum absolute atomic E-state index is 13.0. The molecule has 0 atom stereocenters. The number of anilines is 3. The monoisotopic (exact) mass is 460 g/mol. The van der Waals surface area contributed by atoms with Crippen LogP contribution < -0.4 is 10.3 Å². The van der Waals surface area contributed by atoms with Crippen LogP contribution in [0.25, 0.3) is 0 Å². The Kier molecular flexibility index (Phi) is 7.44. The lowest BCUT2D eigenvalue weighted by Crippen LogP contribution is -2.26. The molecule has 0 saturated heterocycles. The van der Waals surface area contributed by atoms with Gasteiger partial charge in [-0.1, -0.05) is 60.3 Å². The third kappa shape index (κ3) is 6.27. The SMILES string of the molecule is O=C(CCSc1n[nH]c(N/N=C\c2ccc(F)cc2)n1)N(c1ccccc1)c1ccccc1. The topological polar surface area (TPSA) is 86.3 Å². The number of nitrogens with one attached hydrogen (secondary N) is 2. The second-order valence-corrected chi connectivity index (χ2v) is 7.95. The first-order chi connectivity index (χ1) is 16.2. The summed E-state index contributed by atoms with van der Waals surface area (Å²) in [6.07, 6.45) is 1.86. The van der Waals surface area contributed by atoms with Gasteiger partial charge < -0.3 is 0 Å². The Balaban J connectivity index is 1.31. The number of nitrogens with zero attached hydrogens (tertiary/aromatic N) is 4. The number of benzene rings is 3. The van der Waals surface area contributed by atoms with Crippen molar-refractivity contribution in [3.05, 3.63) is 96.3 Å². The summed E-state index contributed by atoms with van der Waals surface area (Å²) < 4.78 is 12.9. The normalized spacial score (nSPS) is 10.9. The number of para-hydroxylation sites is 2. The molecule has 4 aromatic rings. The second-order valence-electron chi connectivity index (χ2n) is 6.89. The number of thioether (sulfide) groups is 1. The third-order valence-corrected chi connectivity index (χ3v) is 5.39. The Labute approximate surface area is 194 Å². The van der Waals surface area contributed by atoms with Crippen LogP contribution in [-0.4, -0.2) is 33.1 Å². The van der Waals surface area contributed by atoms with Gasteiger partial charge in [0.1, 0.15) is 5.82 Å². The van der Waals surface area contributed by atoms with E-state index in [4.69, 9.17) is 0 Å². The Bertz CT molecular complexity index is 1160. The van der Waals surface area contributed by atoms with Gasteiger partial charge in [-0.15, -0.1) is 5.10 Å². The molecule has 4 rings (SSSR count). The summed E-state index contributed by atoms with van der Waals surface area (Å²) in [4.78, 5) is 19.1. The predicted molar refractivity (Wildman–Crippen MR) is 129 cm³/mol. The number of hydrogen-bond acceptors (Lipinski definition) is 6. The molecule has 1 amide bonds. The number of hydrogen-bond donors (Lipinski definition) is 2. The van der Waals surface area contributed by atoms with Crippen LogP contribution in [0, 0.1) is 5.82 Å². The van der Waals surface area contributed by atoms with E-state index in [0.717, 1.165) is 16.9 Å². The van der Waals surface area contributed by atoms with E-state index in [2.05, 4.69) is 25.7 Å². The number of halogens is 1. The average Bonchev–Trinajstić information content (AvgIpc) is 3.29. The van der Waals surface area contributed by atoms with Gasteiger partial charge in [0.15, 0.2) is 0 Å². The van der Waals surface area contributed by atoms with Crippen molar-refractivity contribution in [1.82, 2.24) is 15.2 Å². The van der Waals surface area contributed by atoms with Crippen LogP contribution in [-0.2, 0) is 4.79 Å². The zero-order valence-electron chi connectivity index (χ0n) is 17.6. The van der Waals surface area contributed by atoms with Gasteiger partial charge in [0, 0.05) is 23.5 Å². The second kappa shape index (κ2) is 11.1. The minimum atomic E-state index is -0.300. The maximum Gasteiger partial charge on any atom is 0.240 e. The van der Waals surface area contributed by atoms with Crippen molar-refractivity contribution in [2.24, 2.45) is 5.10 Å². The molecule has 0 aliphatic rings. The lowest BCUT2D eigenvalue weighted by Gasteiger charge is -2.23. The van der Waals surface area contributed by atoms with Crippen LogP contribution in [0.4, 0.5) is 21.7 Å². The Morgan fingerprint density at radius 2 is 1.64 bits per heavy atom. The van der Waals surface area contributed by atoms with Crippen LogP contribution in [0.2, 0.25) is 0 Å². The Morgan fingerprint density at radius 1 is 1.00 bits per heavy atom. The van der Waals surface area contributed by atoms with Gasteiger partial charge >= 0.3 is 0 Å². The van der Waals surface area contributed by atoms with Gasteiger partial charge in [0.05, 0.1) is 6.21 Å². The van der Waals surface area contributed by atoms with Crippen molar-refractivity contribution in [3.8, 4) is 0 Å². The number of aromatic nitrogens is 3. The highest BCUT2D eigenvalue weighted by atomic mass is 32.2. The van der Waals surface area contributed by atoms with E-state index in [1.54, 1.807) is 23.2 Å². The highest BCUT2D eigenvalue weighted by molar-refractivity contribution is 7.99. The molecular weight excluding hydrogens is 439 g/mol. The van der Waals surface area contributed by atoms with E-state index in [-0.39, 0.29) is 11.7 Å². The molecule has 7 nitrogen and oxygen atoms in total. The standard InChI is InChI=1S/C24H21FN6OS/c25-19-13-11-18(12-14-19)17-26-28-23-27-24(30-29-23)33-16-15-22(32)31(20-7-3-1-4-8-20)21-9-5-2-6-10-21/h1-14,17H,15-16H2,(H2,27,28,29,30)/b26-17-. The molecule has 9 heteroatoms. The molecule has 0 bridgehead atoms. The number of amides is 1. The first kappa shape index (κ1) is 22.2. The number of H-pyrrole nitrogens is 1. The van der Waals surface area contributed by atoms with Crippen LogP contribution >= 0.6 is 11.8 Å². The quantitative estimate of drug-likeness (QED) is 0.203. The van der Waals surface area contributed by atoms with Gasteiger partial charge in [-0.2, -0.15) is 10.1 Å². The van der Waals surface area contributed by atoms with Gasteiger partial charge in [-0.25, -0.2) is 14.9 Å². The summed E-state index contributed by atoms with van der Waals surface area (Å²) in [5.74, 6) is 0.576. The molecule has 33 heavy (non-hydrogen) atoms. The van der Waals surface area contributed by atoms with E-state index < -0.39 is 0 Å². The van der Waals surface area contributed by atoms with E-state index in [9.17, 15) is 9.18 Å². The van der Waals surface area contributed by atoms with Gasteiger partial charge in [0.25, 0.3) is 0 Å².